The fraction of sp³-hybridized carbons (Fsp3) is 0.450. The number of carbonyl (C=O) groups is 2. The topological polar surface area (TPSA) is 90.0 Å². The third-order valence-corrected chi connectivity index (χ3v) is 5.49. The number of methoxy groups -OCH3 is 2. The van der Waals surface area contributed by atoms with Crippen LogP contribution in [0.3, 0.4) is 0 Å². The van der Waals surface area contributed by atoms with Gasteiger partial charge in [-0.1, -0.05) is 0 Å². The van der Waals surface area contributed by atoms with Crippen LogP contribution in [0.1, 0.15) is 19.8 Å². The lowest BCUT2D eigenvalue weighted by atomic mass is 9.97. The van der Waals surface area contributed by atoms with Crippen molar-refractivity contribution < 1.29 is 23.8 Å². The standard InChI is InChI=1S/C20H25N3O5S/c1-4-28-20(25)23-9-5-6-13(11-23)18(24)22-19-21-16(12-29-19)15-8-7-14(26-2)10-17(15)27-3/h7-8,10,12-13H,4-6,9,11H2,1-3H3,(H,21,22,24)/t13-/m0/s1. The minimum atomic E-state index is -0.367. The molecule has 0 saturated carbocycles. The highest BCUT2D eigenvalue weighted by molar-refractivity contribution is 7.14. The van der Waals surface area contributed by atoms with Crippen molar-refractivity contribution in [3.63, 3.8) is 0 Å². The van der Waals surface area contributed by atoms with Crippen LogP contribution in [-0.4, -0.2) is 55.8 Å². The zero-order valence-electron chi connectivity index (χ0n) is 16.8. The highest BCUT2D eigenvalue weighted by atomic mass is 32.1. The van der Waals surface area contributed by atoms with Gasteiger partial charge in [0, 0.05) is 30.1 Å². The molecule has 0 radical (unpaired) electrons. The number of hydrogen-bond acceptors (Lipinski definition) is 7. The minimum Gasteiger partial charge on any atom is -0.497 e. The number of amides is 2. The van der Waals surface area contributed by atoms with E-state index in [9.17, 15) is 9.59 Å². The Morgan fingerprint density at radius 3 is 2.86 bits per heavy atom. The Hall–Kier alpha value is -2.81. The molecule has 0 spiro atoms. The van der Waals surface area contributed by atoms with Crippen molar-refractivity contribution in [2.45, 2.75) is 19.8 Å². The highest BCUT2D eigenvalue weighted by Gasteiger charge is 2.29. The average Bonchev–Trinajstić information content (AvgIpc) is 3.21. The fourth-order valence-electron chi connectivity index (χ4n) is 3.24. The van der Waals surface area contributed by atoms with Gasteiger partial charge in [-0.25, -0.2) is 9.78 Å². The molecule has 2 amide bonds. The first kappa shape index (κ1) is 20.9. The highest BCUT2D eigenvalue weighted by Crippen LogP contribution is 2.35. The number of benzene rings is 1. The largest absolute Gasteiger partial charge is 0.497 e. The molecule has 1 aliphatic rings. The van der Waals surface area contributed by atoms with Crippen LogP contribution in [0.2, 0.25) is 0 Å². The molecule has 1 N–H and O–H groups in total. The Labute approximate surface area is 173 Å². The first-order chi connectivity index (χ1) is 14.0. The molecule has 1 saturated heterocycles. The van der Waals surface area contributed by atoms with Crippen molar-refractivity contribution in [2.24, 2.45) is 5.92 Å². The van der Waals surface area contributed by atoms with Crippen molar-refractivity contribution in [1.82, 2.24) is 9.88 Å². The summed E-state index contributed by atoms with van der Waals surface area (Å²) in [6, 6.07) is 5.50. The van der Waals surface area contributed by atoms with Crippen LogP contribution in [-0.2, 0) is 9.53 Å². The average molecular weight is 420 g/mol. The number of piperidine rings is 1. The van der Waals surface area contributed by atoms with Crippen LogP contribution in [0, 0.1) is 5.92 Å². The summed E-state index contributed by atoms with van der Waals surface area (Å²) >= 11 is 1.35. The first-order valence-electron chi connectivity index (χ1n) is 9.46. The van der Waals surface area contributed by atoms with Crippen LogP contribution >= 0.6 is 11.3 Å². The Kier molecular flexibility index (Phi) is 6.92. The van der Waals surface area contributed by atoms with Gasteiger partial charge >= 0.3 is 6.09 Å². The number of thiazole rings is 1. The Bertz CT molecular complexity index is 870. The number of hydrogen-bond donors (Lipinski definition) is 1. The molecule has 1 atom stereocenters. The number of carbonyl (C=O) groups excluding carboxylic acids is 2. The third-order valence-electron chi connectivity index (χ3n) is 4.74. The van der Waals surface area contributed by atoms with E-state index in [2.05, 4.69) is 10.3 Å². The molecule has 8 nitrogen and oxygen atoms in total. The van der Waals surface area contributed by atoms with Crippen LogP contribution in [0.4, 0.5) is 9.93 Å². The number of anilines is 1. The molecule has 0 aliphatic carbocycles. The van der Waals surface area contributed by atoms with Crippen molar-refractivity contribution in [3.05, 3.63) is 23.6 Å². The number of ether oxygens (including phenoxy) is 3. The summed E-state index contributed by atoms with van der Waals surface area (Å²) in [5, 5.41) is 5.25. The van der Waals surface area contributed by atoms with E-state index in [0.717, 1.165) is 18.4 Å². The maximum atomic E-state index is 12.7. The monoisotopic (exact) mass is 419 g/mol. The predicted molar refractivity (Wildman–Crippen MR) is 111 cm³/mol. The minimum absolute atomic E-state index is 0.137. The molecule has 2 heterocycles. The second kappa shape index (κ2) is 9.60. The fourth-order valence-corrected chi connectivity index (χ4v) is 3.96. The molecule has 0 unspecified atom stereocenters. The molecular formula is C20H25N3O5S. The molecule has 9 heteroatoms. The van der Waals surface area contributed by atoms with Gasteiger partial charge in [0.2, 0.25) is 5.91 Å². The Balaban J connectivity index is 1.67. The van der Waals surface area contributed by atoms with Gasteiger partial charge in [-0.15, -0.1) is 11.3 Å². The van der Waals surface area contributed by atoms with E-state index in [1.54, 1.807) is 32.1 Å². The number of aromatic nitrogens is 1. The van der Waals surface area contributed by atoms with E-state index in [1.807, 2.05) is 17.5 Å². The number of nitrogens with one attached hydrogen (secondary N) is 1. The predicted octanol–water partition coefficient (Wildman–Crippen LogP) is 3.63. The van der Waals surface area contributed by atoms with Gasteiger partial charge in [-0.3, -0.25) is 4.79 Å². The molecule has 0 bridgehead atoms. The summed E-state index contributed by atoms with van der Waals surface area (Å²) in [6.07, 6.45) is 1.13. The lowest BCUT2D eigenvalue weighted by molar-refractivity contribution is -0.121. The zero-order valence-corrected chi connectivity index (χ0v) is 17.6. The summed E-state index contributed by atoms with van der Waals surface area (Å²) in [5.41, 5.74) is 1.53. The molecule has 1 aromatic carbocycles. The quantitative estimate of drug-likeness (QED) is 0.769. The number of rotatable bonds is 6. The lowest BCUT2D eigenvalue weighted by Crippen LogP contribution is -2.44. The van der Waals surface area contributed by atoms with Gasteiger partial charge in [0.05, 0.1) is 32.4 Å². The molecular weight excluding hydrogens is 394 g/mol. The van der Waals surface area contributed by atoms with Crippen molar-refractivity contribution in [1.29, 1.82) is 0 Å². The van der Waals surface area contributed by atoms with E-state index in [4.69, 9.17) is 14.2 Å². The molecule has 156 valence electrons. The van der Waals surface area contributed by atoms with Gasteiger partial charge in [-0.2, -0.15) is 0 Å². The summed E-state index contributed by atoms with van der Waals surface area (Å²) in [7, 11) is 3.19. The van der Waals surface area contributed by atoms with E-state index in [1.165, 1.54) is 11.3 Å². The van der Waals surface area contributed by atoms with E-state index in [0.29, 0.717) is 42.0 Å². The van der Waals surface area contributed by atoms with Gasteiger partial charge < -0.3 is 24.4 Å². The summed E-state index contributed by atoms with van der Waals surface area (Å²) in [4.78, 5) is 30.7. The van der Waals surface area contributed by atoms with Crippen LogP contribution in [0.15, 0.2) is 23.6 Å². The smallest absolute Gasteiger partial charge is 0.409 e. The molecule has 2 aromatic rings. The SMILES string of the molecule is CCOC(=O)N1CCC[C@H](C(=O)Nc2nc(-c3ccc(OC)cc3OC)cs2)C1. The second-order valence-electron chi connectivity index (χ2n) is 6.58. The number of likely N-dealkylation sites (tertiary alicyclic amines) is 1. The van der Waals surface area contributed by atoms with Gasteiger partial charge in [0.1, 0.15) is 11.5 Å². The van der Waals surface area contributed by atoms with E-state index in [-0.39, 0.29) is 17.9 Å². The number of nitrogens with zero attached hydrogens (tertiary/aromatic N) is 2. The Morgan fingerprint density at radius 1 is 1.31 bits per heavy atom. The van der Waals surface area contributed by atoms with E-state index >= 15 is 0 Å². The maximum absolute atomic E-state index is 12.7. The van der Waals surface area contributed by atoms with Gasteiger partial charge in [-0.05, 0) is 31.9 Å². The third kappa shape index (κ3) is 4.97. The van der Waals surface area contributed by atoms with Crippen molar-refractivity contribution in [3.8, 4) is 22.8 Å². The van der Waals surface area contributed by atoms with Crippen LogP contribution in [0.5, 0.6) is 11.5 Å². The van der Waals surface area contributed by atoms with Gasteiger partial charge in [0.15, 0.2) is 5.13 Å². The van der Waals surface area contributed by atoms with Crippen LogP contribution in [0.25, 0.3) is 11.3 Å². The van der Waals surface area contributed by atoms with Gasteiger partial charge in [0.25, 0.3) is 0 Å². The lowest BCUT2D eigenvalue weighted by Gasteiger charge is -2.30. The van der Waals surface area contributed by atoms with Crippen molar-refractivity contribution >= 4 is 28.5 Å². The zero-order chi connectivity index (χ0) is 20.8. The van der Waals surface area contributed by atoms with Crippen molar-refractivity contribution in [2.75, 3.05) is 39.2 Å². The molecule has 3 rings (SSSR count). The first-order valence-corrected chi connectivity index (χ1v) is 10.3. The summed E-state index contributed by atoms with van der Waals surface area (Å²) < 4.78 is 15.7. The second-order valence-corrected chi connectivity index (χ2v) is 7.44. The normalized spacial score (nSPS) is 16.2. The molecule has 1 aromatic heterocycles. The van der Waals surface area contributed by atoms with E-state index < -0.39 is 0 Å². The summed E-state index contributed by atoms with van der Waals surface area (Å²) in [6.45, 7) is 3.06. The maximum Gasteiger partial charge on any atom is 0.409 e. The summed E-state index contributed by atoms with van der Waals surface area (Å²) in [5.74, 6) is 0.917. The van der Waals surface area contributed by atoms with Crippen LogP contribution < -0.4 is 14.8 Å². The molecule has 1 aliphatic heterocycles. The molecule has 1 fully saturated rings. The molecule has 29 heavy (non-hydrogen) atoms. The Morgan fingerprint density at radius 2 is 2.14 bits per heavy atom.